The molecule has 0 aliphatic rings. The summed E-state index contributed by atoms with van der Waals surface area (Å²) in [5.41, 5.74) is 1.25. The Morgan fingerprint density at radius 2 is 2.00 bits per heavy atom. The fraction of sp³-hybridized carbons (Fsp3) is 0.0909. The summed E-state index contributed by atoms with van der Waals surface area (Å²) in [6.07, 6.45) is 0. The van der Waals surface area contributed by atoms with Gasteiger partial charge in [0.05, 0.1) is 0 Å². The molecular weight excluding hydrogens is 228 g/mol. The predicted octanol–water partition coefficient (Wildman–Crippen LogP) is 3.44. The number of phenolic OH excluding ortho intramolecular Hbond substituents is 1. The van der Waals surface area contributed by atoms with Gasteiger partial charge in [0.2, 0.25) is 0 Å². The highest BCUT2D eigenvalue weighted by atomic mass is 79.9. The Morgan fingerprint density at radius 3 is 2.77 bits per heavy atom. The number of rotatable bonds is 1. The van der Waals surface area contributed by atoms with Gasteiger partial charge in [0.15, 0.2) is 0 Å². The highest BCUT2D eigenvalue weighted by Gasteiger charge is 1.99. The Kier molecular flexibility index (Phi) is 2.23. The predicted molar refractivity (Wildman–Crippen MR) is 58.2 cm³/mol. The number of hydrogen-bond donors (Lipinski definition) is 1. The summed E-state index contributed by atoms with van der Waals surface area (Å²) >= 11 is 3.43. The number of halogens is 1. The third kappa shape index (κ3) is 1.54. The Morgan fingerprint density at radius 1 is 1.15 bits per heavy atom. The van der Waals surface area contributed by atoms with Gasteiger partial charge in [-0.3, -0.25) is 0 Å². The topological polar surface area (TPSA) is 20.2 Å². The van der Waals surface area contributed by atoms with Crippen molar-refractivity contribution in [1.29, 1.82) is 0 Å². The first-order valence-corrected chi connectivity index (χ1v) is 5.20. The monoisotopic (exact) mass is 236 g/mol. The average Bonchev–Trinajstić information content (AvgIpc) is 2.16. The molecule has 2 aromatic carbocycles. The summed E-state index contributed by atoms with van der Waals surface area (Å²) in [5.74, 6) is 0.319. The molecule has 0 amide bonds. The second-order valence-corrected chi connectivity index (χ2v) is 3.52. The van der Waals surface area contributed by atoms with E-state index in [1.807, 2.05) is 18.2 Å². The molecule has 0 spiro atoms. The maximum absolute atomic E-state index is 9.28. The maximum Gasteiger partial charge on any atom is 0.116 e. The fourth-order valence-electron chi connectivity index (χ4n) is 1.45. The average molecular weight is 237 g/mol. The van der Waals surface area contributed by atoms with Gasteiger partial charge in [-0.15, -0.1) is 0 Å². The molecule has 0 bridgehead atoms. The minimum Gasteiger partial charge on any atom is -0.508 e. The van der Waals surface area contributed by atoms with Crippen molar-refractivity contribution in [2.45, 2.75) is 5.33 Å². The highest BCUT2D eigenvalue weighted by Crippen LogP contribution is 2.24. The molecule has 0 unspecified atom stereocenters. The van der Waals surface area contributed by atoms with Gasteiger partial charge in [-0.05, 0) is 28.5 Å². The Hall–Kier alpha value is -1.02. The minimum absolute atomic E-state index is 0.319. The molecule has 1 nitrogen and oxygen atoms in total. The van der Waals surface area contributed by atoms with Crippen molar-refractivity contribution in [2.24, 2.45) is 0 Å². The van der Waals surface area contributed by atoms with Crippen LogP contribution in [0.5, 0.6) is 5.75 Å². The molecule has 0 fully saturated rings. The third-order valence-corrected chi connectivity index (χ3v) is 2.70. The van der Waals surface area contributed by atoms with Crippen LogP contribution in [0.1, 0.15) is 5.56 Å². The van der Waals surface area contributed by atoms with Gasteiger partial charge in [-0.25, -0.2) is 0 Å². The third-order valence-electron chi connectivity index (χ3n) is 2.10. The van der Waals surface area contributed by atoms with E-state index in [1.54, 1.807) is 12.1 Å². The first-order valence-electron chi connectivity index (χ1n) is 4.08. The van der Waals surface area contributed by atoms with Crippen LogP contribution in [0, 0.1) is 0 Å². The van der Waals surface area contributed by atoms with E-state index in [9.17, 15) is 5.11 Å². The van der Waals surface area contributed by atoms with Crippen molar-refractivity contribution in [3.8, 4) is 5.75 Å². The summed E-state index contributed by atoms with van der Waals surface area (Å²) in [5, 5.41) is 12.4. The molecule has 0 radical (unpaired) electrons. The first kappa shape index (κ1) is 8.57. The van der Waals surface area contributed by atoms with Gasteiger partial charge in [-0.1, -0.05) is 40.2 Å². The van der Waals surface area contributed by atoms with Crippen LogP contribution in [0.4, 0.5) is 0 Å². The number of phenols is 1. The zero-order chi connectivity index (χ0) is 9.26. The lowest BCUT2D eigenvalue weighted by Crippen LogP contribution is -1.80. The standard InChI is InChI=1S/C11H9BrO/c12-7-9-3-1-2-8-6-10(13)4-5-11(8)9/h1-6,13H,7H2. The molecule has 2 aromatic rings. The molecule has 0 saturated heterocycles. The Bertz CT molecular complexity index is 437. The molecule has 1 N–H and O–H groups in total. The van der Waals surface area contributed by atoms with Crippen LogP contribution in [0.2, 0.25) is 0 Å². The van der Waals surface area contributed by atoms with Crippen molar-refractivity contribution in [1.82, 2.24) is 0 Å². The van der Waals surface area contributed by atoms with Crippen LogP contribution in [0.15, 0.2) is 36.4 Å². The molecule has 0 atom stereocenters. The van der Waals surface area contributed by atoms with Crippen molar-refractivity contribution < 1.29 is 5.11 Å². The number of fused-ring (bicyclic) bond motifs is 1. The van der Waals surface area contributed by atoms with Crippen LogP contribution in [-0.2, 0) is 5.33 Å². The van der Waals surface area contributed by atoms with Gasteiger partial charge < -0.3 is 5.11 Å². The van der Waals surface area contributed by atoms with Crippen LogP contribution in [0.25, 0.3) is 10.8 Å². The fourth-order valence-corrected chi connectivity index (χ4v) is 1.94. The van der Waals surface area contributed by atoms with Gasteiger partial charge in [0, 0.05) is 5.33 Å². The van der Waals surface area contributed by atoms with Crippen molar-refractivity contribution in [2.75, 3.05) is 0 Å². The summed E-state index contributed by atoms with van der Waals surface area (Å²) in [6, 6.07) is 11.5. The normalized spacial score (nSPS) is 10.5. The van der Waals surface area contributed by atoms with Crippen LogP contribution < -0.4 is 0 Å². The smallest absolute Gasteiger partial charge is 0.116 e. The Labute approximate surface area is 85.1 Å². The van der Waals surface area contributed by atoms with Crippen LogP contribution in [0.3, 0.4) is 0 Å². The minimum atomic E-state index is 0.319. The SMILES string of the molecule is Oc1ccc2c(CBr)cccc2c1. The molecule has 0 aliphatic carbocycles. The lowest BCUT2D eigenvalue weighted by Gasteiger charge is -2.03. The van der Waals surface area contributed by atoms with E-state index in [4.69, 9.17) is 0 Å². The molecular formula is C11H9BrO. The van der Waals surface area contributed by atoms with E-state index >= 15 is 0 Å². The van der Waals surface area contributed by atoms with E-state index in [0.717, 1.165) is 10.7 Å². The maximum atomic E-state index is 9.28. The van der Waals surface area contributed by atoms with Crippen molar-refractivity contribution >= 4 is 26.7 Å². The number of hydrogen-bond acceptors (Lipinski definition) is 1. The molecule has 0 heterocycles. The van der Waals surface area contributed by atoms with E-state index in [0.29, 0.717) is 5.75 Å². The molecule has 13 heavy (non-hydrogen) atoms. The van der Waals surface area contributed by atoms with E-state index < -0.39 is 0 Å². The van der Waals surface area contributed by atoms with E-state index in [1.165, 1.54) is 10.9 Å². The summed E-state index contributed by atoms with van der Waals surface area (Å²) in [4.78, 5) is 0. The lowest BCUT2D eigenvalue weighted by atomic mass is 10.1. The van der Waals surface area contributed by atoms with E-state index in [2.05, 4.69) is 22.0 Å². The van der Waals surface area contributed by atoms with Crippen molar-refractivity contribution in [3.63, 3.8) is 0 Å². The van der Waals surface area contributed by atoms with Gasteiger partial charge in [0.25, 0.3) is 0 Å². The van der Waals surface area contributed by atoms with Crippen molar-refractivity contribution in [3.05, 3.63) is 42.0 Å². The van der Waals surface area contributed by atoms with E-state index in [-0.39, 0.29) is 0 Å². The molecule has 66 valence electrons. The summed E-state index contributed by atoms with van der Waals surface area (Å²) < 4.78 is 0. The van der Waals surface area contributed by atoms with Crippen LogP contribution in [-0.4, -0.2) is 5.11 Å². The number of aromatic hydroxyl groups is 1. The summed E-state index contributed by atoms with van der Waals surface area (Å²) in [7, 11) is 0. The zero-order valence-corrected chi connectivity index (χ0v) is 8.58. The second kappa shape index (κ2) is 3.38. The molecule has 0 aromatic heterocycles. The van der Waals surface area contributed by atoms with Gasteiger partial charge in [0.1, 0.15) is 5.75 Å². The zero-order valence-electron chi connectivity index (χ0n) is 7.00. The molecule has 2 heteroatoms. The second-order valence-electron chi connectivity index (χ2n) is 2.96. The lowest BCUT2D eigenvalue weighted by molar-refractivity contribution is 0.476. The molecule has 0 aliphatic heterocycles. The van der Waals surface area contributed by atoms with Gasteiger partial charge in [-0.2, -0.15) is 0 Å². The molecule has 2 rings (SSSR count). The highest BCUT2D eigenvalue weighted by molar-refractivity contribution is 9.08. The number of benzene rings is 2. The van der Waals surface area contributed by atoms with Crippen LogP contribution >= 0.6 is 15.9 Å². The van der Waals surface area contributed by atoms with Gasteiger partial charge >= 0.3 is 0 Å². The Balaban J connectivity index is 2.77. The summed E-state index contributed by atoms with van der Waals surface area (Å²) in [6.45, 7) is 0. The molecule has 0 saturated carbocycles. The quantitative estimate of drug-likeness (QED) is 0.753. The first-order chi connectivity index (χ1) is 6.31. The number of alkyl halides is 1. The largest absolute Gasteiger partial charge is 0.508 e.